The maximum Gasteiger partial charge on any atom is 0.0887 e. The molecule has 4 nitrogen and oxygen atoms in total. The Labute approximate surface area is 221 Å². The lowest BCUT2D eigenvalue weighted by molar-refractivity contribution is 0.925. The largest absolute Gasteiger partial charge is 0.317 e. The van der Waals surface area contributed by atoms with Crippen molar-refractivity contribution in [3.8, 4) is 34.0 Å². The summed E-state index contributed by atoms with van der Waals surface area (Å²) in [6, 6.07) is 27.3. The number of aromatic nitrogens is 4. The first-order chi connectivity index (χ1) is 18.7. The van der Waals surface area contributed by atoms with Crippen LogP contribution in [0.1, 0.15) is 11.1 Å². The molecule has 1 aliphatic rings. The summed E-state index contributed by atoms with van der Waals surface area (Å²) in [4.78, 5) is 9.26. The second kappa shape index (κ2) is 8.86. The van der Waals surface area contributed by atoms with Gasteiger partial charge in [-0.3, -0.25) is 9.97 Å². The van der Waals surface area contributed by atoms with E-state index in [2.05, 4.69) is 94.1 Å². The molecular formula is C34H26N4. The van der Waals surface area contributed by atoms with Crippen LogP contribution in [0.2, 0.25) is 0 Å². The van der Waals surface area contributed by atoms with Crippen molar-refractivity contribution in [2.24, 2.45) is 0 Å². The van der Waals surface area contributed by atoms with Crippen LogP contribution in [-0.2, 0) is 12.8 Å². The Morgan fingerprint density at radius 3 is 2.39 bits per heavy atom. The molecule has 0 spiro atoms. The molecule has 6 aromatic rings. The summed E-state index contributed by atoms with van der Waals surface area (Å²) in [6.45, 7) is 8.53. The maximum atomic E-state index is 4.80. The van der Waals surface area contributed by atoms with E-state index in [4.69, 9.17) is 4.98 Å². The standard InChI is InChI=1S/C34H26N4/c1-3-9-31-23(2)27-16-13-24-14-18-32-28(19-21-37(32)25-10-5-4-6-11-25)33(24)34(27)38(31)26-15-17-30(36-22-26)29-12-7-8-20-35-29/h3-12,14-15,17-22H,1-2,13,16H2/b31-9+. The van der Waals surface area contributed by atoms with Crippen LogP contribution in [-0.4, -0.2) is 19.1 Å². The molecule has 0 amide bonds. The van der Waals surface area contributed by atoms with Crippen molar-refractivity contribution in [2.75, 3.05) is 0 Å². The predicted octanol–water partition coefficient (Wildman–Crippen LogP) is 6.02. The summed E-state index contributed by atoms with van der Waals surface area (Å²) >= 11 is 0. The minimum atomic E-state index is 0.849. The minimum Gasteiger partial charge on any atom is -0.317 e. The number of pyridine rings is 2. The van der Waals surface area contributed by atoms with E-state index in [1.165, 1.54) is 33.3 Å². The van der Waals surface area contributed by atoms with Crippen molar-refractivity contribution in [2.45, 2.75) is 12.8 Å². The summed E-state index contributed by atoms with van der Waals surface area (Å²) in [5, 5.41) is 3.35. The average Bonchev–Trinajstić information content (AvgIpc) is 3.53. The molecule has 0 N–H and O–H groups in total. The highest BCUT2D eigenvalue weighted by Gasteiger charge is 2.26. The summed E-state index contributed by atoms with van der Waals surface area (Å²) in [5.41, 5.74) is 10.2. The number of hydrogen-bond donors (Lipinski definition) is 0. The zero-order chi connectivity index (χ0) is 25.6. The van der Waals surface area contributed by atoms with Gasteiger partial charge in [0.2, 0.25) is 0 Å². The Morgan fingerprint density at radius 2 is 1.63 bits per heavy atom. The number of fused-ring (bicyclic) bond motifs is 5. The zero-order valence-electron chi connectivity index (χ0n) is 21.0. The molecule has 38 heavy (non-hydrogen) atoms. The Morgan fingerprint density at radius 1 is 0.789 bits per heavy atom. The molecule has 0 atom stereocenters. The molecule has 0 fully saturated rings. The number of nitrogens with zero attached hydrogens (tertiary/aromatic N) is 4. The molecule has 182 valence electrons. The van der Waals surface area contributed by atoms with Crippen molar-refractivity contribution in [1.82, 2.24) is 19.1 Å². The van der Waals surface area contributed by atoms with Crippen LogP contribution in [0.25, 0.3) is 57.6 Å². The highest BCUT2D eigenvalue weighted by molar-refractivity contribution is 5.99. The normalized spacial score (nSPS) is 12.9. The van der Waals surface area contributed by atoms with Gasteiger partial charge in [0.05, 0.1) is 39.8 Å². The molecule has 1 aliphatic carbocycles. The molecule has 4 heterocycles. The lowest BCUT2D eigenvalue weighted by Gasteiger charge is -2.21. The predicted molar refractivity (Wildman–Crippen MR) is 156 cm³/mol. The van der Waals surface area contributed by atoms with Gasteiger partial charge in [0.15, 0.2) is 0 Å². The molecule has 0 saturated heterocycles. The highest BCUT2D eigenvalue weighted by Crippen LogP contribution is 2.39. The highest BCUT2D eigenvalue weighted by atomic mass is 15.0. The average molecular weight is 491 g/mol. The topological polar surface area (TPSA) is 35.6 Å². The second-order valence-electron chi connectivity index (χ2n) is 9.60. The van der Waals surface area contributed by atoms with Crippen molar-refractivity contribution in [3.05, 3.63) is 132 Å². The number of para-hydroxylation sites is 1. The van der Waals surface area contributed by atoms with Crippen LogP contribution in [0.15, 0.2) is 110 Å². The van der Waals surface area contributed by atoms with Gasteiger partial charge in [-0.2, -0.15) is 0 Å². The van der Waals surface area contributed by atoms with Gasteiger partial charge in [0, 0.05) is 29.0 Å². The summed E-state index contributed by atoms with van der Waals surface area (Å²) < 4.78 is 4.58. The number of rotatable bonds is 4. The van der Waals surface area contributed by atoms with Crippen LogP contribution in [0.3, 0.4) is 0 Å². The third-order valence-electron chi connectivity index (χ3n) is 7.51. The first kappa shape index (κ1) is 22.3. The number of aryl methyl sites for hydroxylation is 1. The van der Waals surface area contributed by atoms with E-state index in [9.17, 15) is 0 Å². The molecule has 0 radical (unpaired) electrons. The van der Waals surface area contributed by atoms with E-state index in [1.54, 1.807) is 6.20 Å². The number of benzene rings is 2. The minimum absolute atomic E-state index is 0.849. The van der Waals surface area contributed by atoms with Gasteiger partial charge in [-0.15, -0.1) is 0 Å². The Kier molecular flexibility index (Phi) is 5.19. The first-order valence-corrected chi connectivity index (χ1v) is 12.9. The molecular weight excluding hydrogens is 464 g/mol. The van der Waals surface area contributed by atoms with E-state index in [0.717, 1.165) is 46.2 Å². The van der Waals surface area contributed by atoms with Crippen LogP contribution in [0.5, 0.6) is 0 Å². The SMILES string of the molecule is C=C/C=c1\c(=C)c2c(n1-c1ccc(-c3ccccn3)nc1)-c1c(ccc3c1ccn3-c1ccccc1)CC2. The van der Waals surface area contributed by atoms with E-state index >= 15 is 0 Å². The fourth-order valence-electron chi connectivity index (χ4n) is 5.78. The molecule has 0 aliphatic heterocycles. The van der Waals surface area contributed by atoms with E-state index in [0.29, 0.717) is 0 Å². The van der Waals surface area contributed by atoms with Gasteiger partial charge >= 0.3 is 0 Å². The van der Waals surface area contributed by atoms with Gasteiger partial charge < -0.3 is 9.13 Å². The molecule has 4 aromatic heterocycles. The fourth-order valence-corrected chi connectivity index (χ4v) is 5.78. The second-order valence-corrected chi connectivity index (χ2v) is 9.60. The van der Waals surface area contributed by atoms with Crippen molar-refractivity contribution >= 4 is 23.6 Å². The maximum absolute atomic E-state index is 4.80. The van der Waals surface area contributed by atoms with Crippen LogP contribution < -0.4 is 10.6 Å². The van der Waals surface area contributed by atoms with Gasteiger partial charge in [-0.25, -0.2) is 0 Å². The van der Waals surface area contributed by atoms with E-state index in [1.807, 2.05) is 36.5 Å². The zero-order valence-corrected chi connectivity index (χ0v) is 21.0. The quantitative estimate of drug-likeness (QED) is 0.303. The Bertz CT molecular complexity index is 1930. The third-order valence-corrected chi connectivity index (χ3v) is 7.51. The van der Waals surface area contributed by atoms with Crippen LogP contribution in [0.4, 0.5) is 0 Å². The number of hydrogen-bond acceptors (Lipinski definition) is 2. The van der Waals surface area contributed by atoms with Gasteiger partial charge in [0.1, 0.15) is 0 Å². The molecule has 0 saturated carbocycles. The third kappa shape index (κ3) is 3.38. The van der Waals surface area contributed by atoms with Gasteiger partial charge in [0.25, 0.3) is 0 Å². The lowest BCUT2D eigenvalue weighted by atomic mass is 9.87. The smallest absolute Gasteiger partial charge is 0.0887 e. The molecule has 0 bridgehead atoms. The first-order valence-electron chi connectivity index (χ1n) is 12.9. The fraction of sp³-hybridized carbons (Fsp3) is 0.0588. The summed E-state index contributed by atoms with van der Waals surface area (Å²) in [5.74, 6) is 0. The number of allylic oxidation sites excluding steroid dienone is 1. The van der Waals surface area contributed by atoms with Gasteiger partial charge in [-0.1, -0.05) is 49.6 Å². The van der Waals surface area contributed by atoms with Crippen LogP contribution >= 0.6 is 0 Å². The van der Waals surface area contributed by atoms with Gasteiger partial charge in [-0.05, 0) is 83.8 Å². The summed E-state index contributed by atoms with van der Waals surface area (Å²) in [7, 11) is 0. The lowest BCUT2D eigenvalue weighted by Crippen LogP contribution is -2.28. The van der Waals surface area contributed by atoms with Crippen molar-refractivity contribution in [3.63, 3.8) is 0 Å². The molecule has 0 unspecified atom stereocenters. The van der Waals surface area contributed by atoms with E-state index < -0.39 is 0 Å². The molecule has 4 heteroatoms. The van der Waals surface area contributed by atoms with E-state index in [-0.39, 0.29) is 0 Å². The summed E-state index contributed by atoms with van der Waals surface area (Å²) in [6.07, 6.45) is 11.8. The van der Waals surface area contributed by atoms with Crippen molar-refractivity contribution < 1.29 is 0 Å². The molecule has 7 rings (SSSR count). The van der Waals surface area contributed by atoms with Crippen LogP contribution in [0, 0.1) is 0 Å². The van der Waals surface area contributed by atoms with Crippen molar-refractivity contribution in [1.29, 1.82) is 0 Å². The molecule has 2 aromatic carbocycles. The Hall–Kier alpha value is -4.96. The monoisotopic (exact) mass is 490 g/mol. The Balaban J connectivity index is 1.49.